The predicted molar refractivity (Wildman–Crippen MR) is 53.8 cm³/mol. The highest BCUT2D eigenvalue weighted by molar-refractivity contribution is 5.66. The molecule has 1 aromatic rings. The molecule has 74 valence electrons. The van der Waals surface area contributed by atoms with Crippen molar-refractivity contribution in [2.45, 2.75) is 13.0 Å². The molecule has 0 radical (unpaired) electrons. The molecule has 0 aliphatic rings. The van der Waals surface area contributed by atoms with E-state index < -0.39 is 11.0 Å². The highest BCUT2D eigenvalue weighted by Gasteiger charge is 2.08. The van der Waals surface area contributed by atoms with Crippen molar-refractivity contribution in [3.8, 4) is 0 Å². The summed E-state index contributed by atoms with van der Waals surface area (Å²) in [5.74, 6) is 0. The first kappa shape index (κ1) is 10.4. The zero-order chi connectivity index (χ0) is 10.7. The molecule has 4 nitrogen and oxygen atoms in total. The van der Waals surface area contributed by atoms with Crippen molar-refractivity contribution in [2.24, 2.45) is 0 Å². The van der Waals surface area contributed by atoms with Crippen LogP contribution in [-0.4, -0.2) is 16.1 Å². The van der Waals surface area contributed by atoms with Gasteiger partial charge in [0.05, 0.1) is 11.0 Å². The number of nitro groups is 1. The van der Waals surface area contributed by atoms with Crippen molar-refractivity contribution in [3.05, 3.63) is 46.5 Å². The minimum absolute atomic E-state index is 0.0344. The fourth-order valence-electron chi connectivity index (χ4n) is 1.04. The smallest absolute Gasteiger partial charge is 0.269 e. The van der Waals surface area contributed by atoms with Gasteiger partial charge in [0, 0.05) is 12.1 Å². The molecule has 0 saturated carbocycles. The summed E-state index contributed by atoms with van der Waals surface area (Å²) in [6, 6.07) is 5.94. The summed E-state index contributed by atoms with van der Waals surface area (Å²) in [5, 5.41) is 19.6. The van der Waals surface area contributed by atoms with E-state index in [2.05, 4.69) is 6.58 Å². The number of benzene rings is 1. The lowest BCUT2D eigenvalue weighted by atomic mass is 10.0. The standard InChI is InChI=1S/C10H11NO3/c1-7(8(2)12)9-3-5-10(6-4-9)11(13)14/h3-6,8,12H,1H2,2H3/t8-/m1/s1. The van der Waals surface area contributed by atoms with Crippen molar-refractivity contribution in [1.29, 1.82) is 0 Å². The van der Waals surface area contributed by atoms with Crippen molar-refractivity contribution < 1.29 is 10.0 Å². The molecule has 0 spiro atoms. The van der Waals surface area contributed by atoms with Crippen LogP contribution in [0.4, 0.5) is 5.69 Å². The van der Waals surface area contributed by atoms with Gasteiger partial charge in [0.2, 0.25) is 0 Å². The second-order valence-corrected chi connectivity index (χ2v) is 3.01. The molecule has 4 heteroatoms. The monoisotopic (exact) mass is 193 g/mol. The van der Waals surface area contributed by atoms with Gasteiger partial charge in [-0.05, 0) is 30.2 Å². The first-order valence-electron chi connectivity index (χ1n) is 4.14. The molecule has 1 atom stereocenters. The van der Waals surface area contributed by atoms with Gasteiger partial charge in [0.25, 0.3) is 5.69 Å². The number of non-ortho nitro benzene ring substituents is 1. The molecule has 1 aromatic carbocycles. The molecular formula is C10H11NO3. The van der Waals surface area contributed by atoms with E-state index in [9.17, 15) is 15.2 Å². The lowest BCUT2D eigenvalue weighted by Crippen LogP contribution is -2.01. The Kier molecular flexibility index (Phi) is 2.99. The van der Waals surface area contributed by atoms with E-state index >= 15 is 0 Å². The molecular weight excluding hydrogens is 182 g/mol. The molecule has 0 saturated heterocycles. The summed E-state index contributed by atoms with van der Waals surface area (Å²) in [7, 11) is 0. The SMILES string of the molecule is C=C(c1ccc([N+](=O)[O-])cc1)[C@@H](C)O. The van der Waals surface area contributed by atoms with Crippen LogP contribution in [0.15, 0.2) is 30.8 Å². The van der Waals surface area contributed by atoms with Crippen LogP contribution in [0.1, 0.15) is 12.5 Å². The normalized spacial score (nSPS) is 12.1. The quantitative estimate of drug-likeness (QED) is 0.589. The Morgan fingerprint density at radius 2 is 2.00 bits per heavy atom. The van der Waals surface area contributed by atoms with Crippen molar-refractivity contribution in [1.82, 2.24) is 0 Å². The van der Waals surface area contributed by atoms with E-state index in [1.165, 1.54) is 12.1 Å². The van der Waals surface area contributed by atoms with Crippen molar-refractivity contribution >= 4 is 11.3 Å². The molecule has 1 rings (SSSR count). The lowest BCUT2D eigenvalue weighted by Gasteiger charge is -2.07. The second-order valence-electron chi connectivity index (χ2n) is 3.01. The summed E-state index contributed by atoms with van der Waals surface area (Å²) in [6.07, 6.45) is -0.642. The molecule has 0 aliphatic carbocycles. The third-order valence-corrected chi connectivity index (χ3v) is 1.95. The number of aliphatic hydroxyl groups is 1. The molecule has 0 aromatic heterocycles. The maximum Gasteiger partial charge on any atom is 0.269 e. The average Bonchev–Trinajstić information content (AvgIpc) is 2.16. The van der Waals surface area contributed by atoms with E-state index in [1.54, 1.807) is 19.1 Å². The van der Waals surface area contributed by atoms with Gasteiger partial charge in [-0.2, -0.15) is 0 Å². The molecule has 0 bridgehead atoms. The average molecular weight is 193 g/mol. The Morgan fingerprint density at radius 1 is 1.50 bits per heavy atom. The van der Waals surface area contributed by atoms with Crippen LogP contribution < -0.4 is 0 Å². The zero-order valence-corrected chi connectivity index (χ0v) is 7.80. The van der Waals surface area contributed by atoms with Crippen molar-refractivity contribution in [3.63, 3.8) is 0 Å². The Balaban J connectivity index is 2.94. The molecule has 1 N–H and O–H groups in total. The number of nitro benzene ring substituents is 1. The third kappa shape index (κ3) is 2.17. The number of nitrogens with zero attached hydrogens (tertiary/aromatic N) is 1. The molecule has 0 aliphatic heterocycles. The topological polar surface area (TPSA) is 63.4 Å². The minimum Gasteiger partial charge on any atom is -0.389 e. The van der Waals surface area contributed by atoms with Crippen LogP contribution in [0.5, 0.6) is 0 Å². The Bertz CT molecular complexity index is 354. The van der Waals surface area contributed by atoms with Crippen LogP contribution in [0.2, 0.25) is 0 Å². The summed E-state index contributed by atoms with van der Waals surface area (Å²) in [5.41, 5.74) is 1.30. The number of hydrogen-bond donors (Lipinski definition) is 1. The van der Waals surface area contributed by atoms with Gasteiger partial charge in [-0.1, -0.05) is 6.58 Å². The second kappa shape index (κ2) is 4.02. The van der Waals surface area contributed by atoms with Gasteiger partial charge < -0.3 is 5.11 Å². The van der Waals surface area contributed by atoms with Crippen LogP contribution in [0, 0.1) is 10.1 Å². The highest BCUT2D eigenvalue weighted by Crippen LogP contribution is 2.19. The van der Waals surface area contributed by atoms with Crippen LogP contribution in [0.3, 0.4) is 0 Å². The first-order valence-corrected chi connectivity index (χ1v) is 4.14. The maximum absolute atomic E-state index is 10.3. The van der Waals surface area contributed by atoms with Gasteiger partial charge >= 0.3 is 0 Å². The maximum atomic E-state index is 10.3. The Hall–Kier alpha value is -1.68. The molecule has 0 fully saturated rings. The summed E-state index contributed by atoms with van der Waals surface area (Å²) < 4.78 is 0. The van der Waals surface area contributed by atoms with E-state index in [-0.39, 0.29) is 5.69 Å². The van der Waals surface area contributed by atoms with Crippen molar-refractivity contribution in [2.75, 3.05) is 0 Å². The summed E-state index contributed by atoms with van der Waals surface area (Å²) in [6.45, 7) is 5.28. The van der Waals surface area contributed by atoms with Crippen LogP contribution >= 0.6 is 0 Å². The fraction of sp³-hybridized carbons (Fsp3) is 0.200. The summed E-state index contributed by atoms with van der Waals surface area (Å²) >= 11 is 0. The Morgan fingerprint density at radius 3 is 2.36 bits per heavy atom. The summed E-state index contributed by atoms with van der Waals surface area (Å²) in [4.78, 5) is 9.89. The first-order chi connectivity index (χ1) is 6.52. The van der Waals surface area contributed by atoms with Crippen LogP contribution in [-0.2, 0) is 0 Å². The minimum atomic E-state index is -0.642. The predicted octanol–water partition coefficient (Wildman–Crippen LogP) is 1.99. The largest absolute Gasteiger partial charge is 0.389 e. The number of rotatable bonds is 3. The molecule has 0 unspecified atom stereocenters. The van der Waals surface area contributed by atoms with Gasteiger partial charge in [0.15, 0.2) is 0 Å². The highest BCUT2D eigenvalue weighted by atomic mass is 16.6. The molecule has 0 amide bonds. The van der Waals surface area contributed by atoms with Gasteiger partial charge in [-0.15, -0.1) is 0 Å². The number of aliphatic hydroxyl groups excluding tert-OH is 1. The molecule has 0 heterocycles. The van der Waals surface area contributed by atoms with Gasteiger partial charge in [-0.3, -0.25) is 10.1 Å². The van der Waals surface area contributed by atoms with E-state index in [0.717, 1.165) is 0 Å². The van der Waals surface area contributed by atoms with Gasteiger partial charge in [0.1, 0.15) is 0 Å². The van der Waals surface area contributed by atoms with E-state index in [0.29, 0.717) is 11.1 Å². The van der Waals surface area contributed by atoms with Gasteiger partial charge in [-0.25, -0.2) is 0 Å². The molecule has 14 heavy (non-hydrogen) atoms. The third-order valence-electron chi connectivity index (χ3n) is 1.95. The van der Waals surface area contributed by atoms with E-state index in [1.807, 2.05) is 0 Å². The lowest BCUT2D eigenvalue weighted by molar-refractivity contribution is -0.384. The fourth-order valence-corrected chi connectivity index (χ4v) is 1.04. The van der Waals surface area contributed by atoms with E-state index in [4.69, 9.17) is 0 Å². The number of hydrogen-bond acceptors (Lipinski definition) is 3. The Labute approximate surface area is 81.6 Å². The zero-order valence-electron chi connectivity index (χ0n) is 7.80. The van der Waals surface area contributed by atoms with Crippen LogP contribution in [0.25, 0.3) is 5.57 Å².